The molecule has 0 aliphatic carbocycles. The molecular weight excluding hydrogens is 219 g/mol. The summed E-state index contributed by atoms with van der Waals surface area (Å²) in [5.41, 5.74) is 8.10. The van der Waals surface area contributed by atoms with Crippen molar-refractivity contribution in [2.24, 2.45) is 5.73 Å². The van der Waals surface area contributed by atoms with E-state index < -0.39 is 0 Å². The largest absolute Gasteiger partial charge is 0.495 e. The molecule has 3 nitrogen and oxygen atoms in total. The highest BCUT2D eigenvalue weighted by Crippen LogP contribution is 2.26. The first-order valence-corrected chi connectivity index (χ1v) is 5.22. The molecule has 2 N–H and O–H groups in total. The highest BCUT2D eigenvalue weighted by atomic mass is 19.1. The number of ether oxygens (including phenoxy) is 1. The van der Waals surface area contributed by atoms with Crippen LogP contribution < -0.4 is 10.5 Å². The van der Waals surface area contributed by atoms with Crippen LogP contribution in [0.5, 0.6) is 5.75 Å². The molecule has 0 aliphatic rings. The maximum Gasteiger partial charge on any atom is 0.137 e. The predicted molar refractivity (Wildman–Crippen MR) is 64.1 cm³/mol. The highest BCUT2D eigenvalue weighted by Gasteiger charge is 2.06. The van der Waals surface area contributed by atoms with Crippen LogP contribution >= 0.6 is 0 Å². The van der Waals surface area contributed by atoms with E-state index in [0.717, 1.165) is 16.7 Å². The van der Waals surface area contributed by atoms with Crippen LogP contribution in [0.15, 0.2) is 36.7 Å². The molecule has 2 aromatic rings. The third-order valence-electron chi connectivity index (χ3n) is 2.55. The Kier molecular flexibility index (Phi) is 3.35. The zero-order chi connectivity index (χ0) is 12.3. The summed E-state index contributed by atoms with van der Waals surface area (Å²) in [4.78, 5) is 4.07. The molecule has 1 aromatic heterocycles. The van der Waals surface area contributed by atoms with Gasteiger partial charge < -0.3 is 10.5 Å². The molecule has 0 fully saturated rings. The summed E-state index contributed by atoms with van der Waals surface area (Å²) in [5, 5.41) is 0. The summed E-state index contributed by atoms with van der Waals surface area (Å²) < 4.78 is 18.2. The van der Waals surface area contributed by atoms with Crippen molar-refractivity contribution in [3.8, 4) is 16.9 Å². The molecule has 0 amide bonds. The van der Waals surface area contributed by atoms with Crippen LogP contribution in [0.3, 0.4) is 0 Å². The van der Waals surface area contributed by atoms with Gasteiger partial charge in [-0.05, 0) is 29.3 Å². The van der Waals surface area contributed by atoms with E-state index >= 15 is 0 Å². The average Bonchev–Trinajstić information content (AvgIpc) is 2.38. The van der Waals surface area contributed by atoms with E-state index in [1.807, 2.05) is 6.07 Å². The van der Waals surface area contributed by atoms with Gasteiger partial charge in [-0.1, -0.05) is 6.07 Å². The summed E-state index contributed by atoms with van der Waals surface area (Å²) in [6, 6.07) is 6.40. The van der Waals surface area contributed by atoms with Gasteiger partial charge >= 0.3 is 0 Å². The van der Waals surface area contributed by atoms with E-state index in [4.69, 9.17) is 10.5 Å². The summed E-state index contributed by atoms with van der Waals surface area (Å²) in [6.07, 6.45) is 3.32. The van der Waals surface area contributed by atoms with Crippen molar-refractivity contribution < 1.29 is 9.13 Å². The molecule has 1 heterocycles. The van der Waals surface area contributed by atoms with Gasteiger partial charge in [0.2, 0.25) is 0 Å². The van der Waals surface area contributed by atoms with Crippen molar-refractivity contribution in [1.82, 2.24) is 4.98 Å². The maximum atomic E-state index is 13.1. The molecule has 0 radical (unpaired) electrons. The molecule has 4 heteroatoms. The molecule has 0 aliphatic heterocycles. The first-order valence-electron chi connectivity index (χ1n) is 5.22. The van der Waals surface area contributed by atoms with Gasteiger partial charge in [-0.15, -0.1) is 0 Å². The molecule has 0 spiro atoms. The van der Waals surface area contributed by atoms with E-state index in [-0.39, 0.29) is 12.4 Å². The first kappa shape index (κ1) is 11.5. The van der Waals surface area contributed by atoms with E-state index in [0.29, 0.717) is 5.75 Å². The van der Waals surface area contributed by atoms with E-state index in [1.54, 1.807) is 25.6 Å². The second kappa shape index (κ2) is 4.93. The lowest BCUT2D eigenvalue weighted by Gasteiger charge is -2.09. The fourth-order valence-corrected chi connectivity index (χ4v) is 1.69. The number of aromatic nitrogens is 1. The smallest absolute Gasteiger partial charge is 0.137 e. The van der Waals surface area contributed by atoms with Crippen molar-refractivity contribution >= 4 is 0 Å². The monoisotopic (exact) mass is 232 g/mol. The van der Waals surface area contributed by atoms with Crippen LogP contribution in [0.25, 0.3) is 11.1 Å². The van der Waals surface area contributed by atoms with Crippen LogP contribution in [-0.4, -0.2) is 12.1 Å². The molecule has 0 atom stereocenters. The van der Waals surface area contributed by atoms with Gasteiger partial charge in [-0.2, -0.15) is 0 Å². The van der Waals surface area contributed by atoms with Crippen LogP contribution in [0.2, 0.25) is 0 Å². The zero-order valence-electron chi connectivity index (χ0n) is 9.48. The molecule has 0 bridgehead atoms. The number of hydrogen-bond acceptors (Lipinski definition) is 3. The number of methoxy groups -OCH3 is 1. The Morgan fingerprint density at radius 2 is 2.12 bits per heavy atom. The second-order valence-electron chi connectivity index (χ2n) is 3.62. The Hall–Kier alpha value is -1.94. The number of hydrogen-bond donors (Lipinski definition) is 1. The van der Waals surface area contributed by atoms with Gasteiger partial charge in [-0.3, -0.25) is 4.98 Å². The van der Waals surface area contributed by atoms with Gasteiger partial charge in [0.15, 0.2) is 0 Å². The summed E-state index contributed by atoms with van der Waals surface area (Å²) in [7, 11) is 1.58. The Morgan fingerprint density at radius 1 is 1.29 bits per heavy atom. The lowest BCUT2D eigenvalue weighted by molar-refractivity contribution is 0.413. The van der Waals surface area contributed by atoms with Gasteiger partial charge in [-0.25, -0.2) is 4.39 Å². The minimum Gasteiger partial charge on any atom is -0.495 e. The third kappa shape index (κ3) is 2.42. The molecule has 0 saturated heterocycles. The van der Waals surface area contributed by atoms with E-state index in [2.05, 4.69) is 4.98 Å². The van der Waals surface area contributed by atoms with Gasteiger partial charge in [0.05, 0.1) is 13.3 Å². The maximum absolute atomic E-state index is 13.1. The summed E-state index contributed by atoms with van der Waals surface area (Å²) in [5.74, 6) is 0.375. The topological polar surface area (TPSA) is 48.1 Å². The number of pyridine rings is 1. The number of rotatable bonds is 3. The van der Waals surface area contributed by atoms with Crippen LogP contribution in [0, 0.1) is 5.82 Å². The van der Waals surface area contributed by atoms with Crippen molar-refractivity contribution in [2.45, 2.75) is 6.54 Å². The lowest BCUT2D eigenvalue weighted by Crippen LogP contribution is -2.00. The Morgan fingerprint density at radius 3 is 2.82 bits per heavy atom. The SMILES string of the molecule is COc1cncc(-c2ccc(F)cc2CN)c1. The normalized spacial score (nSPS) is 10.3. The Bertz CT molecular complexity index is 529. The Balaban J connectivity index is 2.51. The number of nitrogens with zero attached hydrogens (tertiary/aromatic N) is 1. The minimum absolute atomic E-state index is 0.282. The van der Waals surface area contributed by atoms with Gasteiger partial charge in [0, 0.05) is 18.3 Å². The fourth-order valence-electron chi connectivity index (χ4n) is 1.69. The van der Waals surface area contributed by atoms with E-state index in [1.165, 1.54) is 12.1 Å². The Labute approximate surface area is 99.1 Å². The summed E-state index contributed by atoms with van der Waals surface area (Å²) in [6.45, 7) is 0.282. The fraction of sp³-hybridized carbons (Fsp3) is 0.154. The second-order valence-corrected chi connectivity index (χ2v) is 3.62. The molecule has 0 unspecified atom stereocenters. The number of halogens is 1. The predicted octanol–water partition coefficient (Wildman–Crippen LogP) is 2.35. The summed E-state index contributed by atoms with van der Waals surface area (Å²) >= 11 is 0. The van der Waals surface area contributed by atoms with Gasteiger partial charge in [0.1, 0.15) is 11.6 Å². The molecule has 0 saturated carbocycles. The van der Waals surface area contributed by atoms with E-state index in [9.17, 15) is 4.39 Å². The van der Waals surface area contributed by atoms with Crippen LogP contribution in [0.4, 0.5) is 4.39 Å². The molecule has 2 rings (SSSR count). The average molecular weight is 232 g/mol. The van der Waals surface area contributed by atoms with Crippen molar-refractivity contribution in [1.29, 1.82) is 0 Å². The standard InChI is InChI=1S/C13H13FN2O/c1-17-12-5-10(7-16-8-12)13-3-2-11(14)4-9(13)6-15/h2-5,7-8H,6,15H2,1H3. The third-order valence-corrected chi connectivity index (χ3v) is 2.55. The van der Waals surface area contributed by atoms with Crippen LogP contribution in [-0.2, 0) is 6.54 Å². The van der Waals surface area contributed by atoms with Gasteiger partial charge in [0.25, 0.3) is 0 Å². The van der Waals surface area contributed by atoms with Crippen LogP contribution in [0.1, 0.15) is 5.56 Å². The first-order chi connectivity index (χ1) is 8.24. The molecular formula is C13H13FN2O. The quantitative estimate of drug-likeness (QED) is 0.883. The molecule has 88 valence electrons. The minimum atomic E-state index is -0.287. The van der Waals surface area contributed by atoms with Crippen molar-refractivity contribution in [3.05, 3.63) is 48.0 Å². The number of nitrogens with two attached hydrogens (primary N) is 1. The molecule has 1 aromatic carbocycles. The van der Waals surface area contributed by atoms with Crippen molar-refractivity contribution in [3.63, 3.8) is 0 Å². The highest BCUT2D eigenvalue weighted by molar-refractivity contribution is 5.67. The number of benzene rings is 1. The lowest BCUT2D eigenvalue weighted by atomic mass is 10.0. The zero-order valence-corrected chi connectivity index (χ0v) is 9.48. The molecule has 17 heavy (non-hydrogen) atoms. The van der Waals surface area contributed by atoms with Crippen molar-refractivity contribution in [2.75, 3.05) is 7.11 Å².